The van der Waals surface area contributed by atoms with E-state index in [4.69, 9.17) is 21.1 Å². The van der Waals surface area contributed by atoms with Crippen LogP contribution in [-0.2, 0) is 9.53 Å². The van der Waals surface area contributed by atoms with E-state index in [-0.39, 0.29) is 30.5 Å². The first-order valence-corrected chi connectivity index (χ1v) is 12.5. The Labute approximate surface area is 201 Å². The highest BCUT2D eigenvalue weighted by molar-refractivity contribution is 6.30. The molecule has 1 aromatic rings. The van der Waals surface area contributed by atoms with Crippen molar-refractivity contribution in [3.63, 3.8) is 0 Å². The van der Waals surface area contributed by atoms with Gasteiger partial charge >= 0.3 is 5.97 Å². The van der Waals surface area contributed by atoms with E-state index in [1.54, 1.807) is 30.3 Å². The van der Waals surface area contributed by atoms with Gasteiger partial charge in [0.05, 0.1) is 18.1 Å². The molecule has 1 saturated carbocycles. The molecule has 0 aromatic heterocycles. The smallest absolute Gasteiger partial charge is 0.306 e. The Hall–Kier alpha value is -1.60. The van der Waals surface area contributed by atoms with Crippen LogP contribution in [0.15, 0.2) is 36.4 Å². The molecule has 1 heterocycles. The van der Waals surface area contributed by atoms with Gasteiger partial charge in [0.15, 0.2) is 0 Å². The number of aliphatic hydroxyl groups is 2. The molecule has 33 heavy (non-hydrogen) atoms. The number of carboxylic acid groups (broad SMARTS) is 1. The van der Waals surface area contributed by atoms with E-state index in [1.807, 2.05) is 13.0 Å². The van der Waals surface area contributed by atoms with Gasteiger partial charge in [0.2, 0.25) is 0 Å². The average molecular weight is 481 g/mol. The second-order valence-electron chi connectivity index (χ2n) is 9.48. The minimum absolute atomic E-state index is 0.00501. The van der Waals surface area contributed by atoms with Gasteiger partial charge in [0.1, 0.15) is 18.5 Å². The van der Waals surface area contributed by atoms with E-state index in [2.05, 4.69) is 0 Å². The van der Waals surface area contributed by atoms with Crippen LogP contribution in [-0.4, -0.2) is 52.8 Å². The van der Waals surface area contributed by atoms with Crippen molar-refractivity contribution in [3.05, 3.63) is 41.4 Å². The van der Waals surface area contributed by atoms with Gasteiger partial charge < -0.3 is 24.8 Å². The lowest BCUT2D eigenvalue weighted by atomic mass is 9.85. The first-order chi connectivity index (χ1) is 15.9. The molecule has 1 aliphatic carbocycles. The van der Waals surface area contributed by atoms with Crippen molar-refractivity contribution in [1.29, 1.82) is 0 Å². The van der Waals surface area contributed by atoms with Crippen LogP contribution in [0.5, 0.6) is 5.75 Å². The summed E-state index contributed by atoms with van der Waals surface area (Å²) in [5, 5.41) is 30.9. The van der Waals surface area contributed by atoms with E-state index in [0.29, 0.717) is 36.1 Å². The molecule has 2 fully saturated rings. The van der Waals surface area contributed by atoms with Crippen LogP contribution in [0.3, 0.4) is 0 Å². The molecule has 1 saturated heterocycles. The lowest BCUT2D eigenvalue weighted by Crippen LogP contribution is -2.22. The fourth-order valence-electron chi connectivity index (χ4n) is 5.17. The number of carbonyl (C=O) groups is 1. The second kappa shape index (κ2) is 12.7. The van der Waals surface area contributed by atoms with Crippen molar-refractivity contribution in [2.75, 3.05) is 13.2 Å². The monoisotopic (exact) mass is 480 g/mol. The molecule has 1 unspecified atom stereocenters. The topological polar surface area (TPSA) is 96.2 Å². The first-order valence-electron chi connectivity index (χ1n) is 12.1. The summed E-state index contributed by atoms with van der Waals surface area (Å²) in [6.45, 7) is 2.75. The molecule has 6 nitrogen and oxygen atoms in total. The molecule has 1 aliphatic heterocycles. The first kappa shape index (κ1) is 26.0. The summed E-state index contributed by atoms with van der Waals surface area (Å²) in [7, 11) is 0. The van der Waals surface area contributed by atoms with E-state index < -0.39 is 18.2 Å². The number of ether oxygens (including phenoxy) is 2. The highest BCUT2D eigenvalue weighted by atomic mass is 35.5. The number of rotatable bonds is 11. The summed E-state index contributed by atoms with van der Waals surface area (Å²) in [6.07, 6.45) is 7.98. The fraction of sp³-hybridized carbons (Fsp3) is 0.654. The van der Waals surface area contributed by atoms with Gasteiger partial charge in [-0.25, -0.2) is 0 Å². The number of benzene rings is 1. The summed E-state index contributed by atoms with van der Waals surface area (Å²) in [6, 6.07) is 7.04. The number of aliphatic hydroxyl groups excluding tert-OH is 2. The maximum atomic E-state index is 11.4. The lowest BCUT2D eigenvalue weighted by molar-refractivity contribution is -0.142. The number of hydrogen-bond acceptors (Lipinski definition) is 5. The number of aliphatic carboxylic acids is 1. The van der Waals surface area contributed by atoms with Crippen molar-refractivity contribution >= 4 is 17.6 Å². The molecule has 0 bridgehead atoms. The summed E-state index contributed by atoms with van der Waals surface area (Å²) in [5.41, 5.74) is 0. The Morgan fingerprint density at radius 2 is 2.15 bits per heavy atom. The Bertz CT molecular complexity index is 784. The minimum atomic E-state index is -0.791. The maximum absolute atomic E-state index is 11.4. The molecule has 3 N–H and O–H groups in total. The molecule has 184 valence electrons. The lowest BCUT2D eigenvalue weighted by Gasteiger charge is -2.21. The Morgan fingerprint density at radius 1 is 1.33 bits per heavy atom. The molecule has 1 aromatic carbocycles. The molecular weight excluding hydrogens is 444 g/mol. The molecule has 7 atom stereocenters. The fourth-order valence-corrected chi connectivity index (χ4v) is 5.35. The Kier molecular flexibility index (Phi) is 10.0. The van der Waals surface area contributed by atoms with E-state index in [0.717, 1.165) is 32.1 Å². The van der Waals surface area contributed by atoms with Crippen LogP contribution < -0.4 is 4.74 Å². The van der Waals surface area contributed by atoms with Crippen LogP contribution in [0.1, 0.15) is 51.9 Å². The predicted molar refractivity (Wildman–Crippen MR) is 127 cm³/mol. The van der Waals surface area contributed by atoms with Crippen LogP contribution >= 0.6 is 11.6 Å². The normalized spacial score (nSPS) is 29.4. The maximum Gasteiger partial charge on any atom is 0.306 e. The minimum Gasteiger partial charge on any atom is -0.491 e. The molecule has 2 aliphatic rings. The number of halogens is 1. The van der Waals surface area contributed by atoms with Crippen molar-refractivity contribution in [2.45, 2.75) is 70.2 Å². The summed E-state index contributed by atoms with van der Waals surface area (Å²) < 4.78 is 11.8. The quantitative estimate of drug-likeness (QED) is 0.397. The van der Waals surface area contributed by atoms with Crippen molar-refractivity contribution < 1.29 is 29.6 Å². The zero-order valence-electron chi connectivity index (χ0n) is 19.3. The second-order valence-corrected chi connectivity index (χ2v) is 9.92. The molecule has 0 radical (unpaired) electrons. The van der Waals surface area contributed by atoms with Crippen molar-refractivity contribution in [1.82, 2.24) is 0 Å². The van der Waals surface area contributed by atoms with Crippen molar-refractivity contribution in [2.24, 2.45) is 23.7 Å². The molecular formula is C26H37ClO6. The third kappa shape index (κ3) is 7.71. The number of carboxylic acids is 1. The van der Waals surface area contributed by atoms with E-state index in [9.17, 15) is 20.1 Å². The zero-order valence-corrected chi connectivity index (χ0v) is 20.1. The van der Waals surface area contributed by atoms with Gasteiger partial charge in [-0.3, -0.25) is 4.79 Å². The summed E-state index contributed by atoms with van der Waals surface area (Å²) in [4.78, 5) is 11.4. The highest BCUT2D eigenvalue weighted by Gasteiger charge is 2.43. The third-order valence-electron chi connectivity index (χ3n) is 7.03. The SMILES string of the molecule is CCCC(CC[C@H]1CC[C@@H]2[C@@H](C=C[C@@H](O)COc3cccc(Cl)c3)[C@H](O)C[C@@H]2OC1)C(=O)O. The Balaban J connectivity index is 1.50. The number of fused-ring (bicyclic) bond motifs is 1. The average Bonchev–Trinajstić information content (AvgIpc) is 2.94. The Morgan fingerprint density at radius 3 is 2.88 bits per heavy atom. The molecule has 0 spiro atoms. The van der Waals surface area contributed by atoms with Crippen LogP contribution in [0.2, 0.25) is 5.02 Å². The molecule has 3 rings (SSSR count). The van der Waals surface area contributed by atoms with Gasteiger partial charge in [-0.05, 0) is 62.1 Å². The van der Waals surface area contributed by atoms with Gasteiger partial charge in [-0.1, -0.05) is 43.2 Å². The van der Waals surface area contributed by atoms with E-state index in [1.165, 1.54) is 0 Å². The highest BCUT2D eigenvalue weighted by Crippen LogP contribution is 2.42. The van der Waals surface area contributed by atoms with Crippen LogP contribution in [0.25, 0.3) is 0 Å². The largest absolute Gasteiger partial charge is 0.491 e. The van der Waals surface area contributed by atoms with Gasteiger partial charge in [0.25, 0.3) is 0 Å². The zero-order chi connectivity index (χ0) is 23.8. The van der Waals surface area contributed by atoms with Gasteiger partial charge in [0, 0.05) is 24.0 Å². The van der Waals surface area contributed by atoms with Crippen LogP contribution in [0, 0.1) is 23.7 Å². The van der Waals surface area contributed by atoms with Gasteiger partial charge in [-0.15, -0.1) is 0 Å². The standard InChI is InChI=1S/C26H37ClO6/c1-2-4-18(26(30)31)9-7-17-8-11-23-22(24(29)14-25(23)33-15-17)12-10-20(28)16-32-21-6-3-5-19(27)13-21/h3,5-6,10,12-13,17-18,20,22-25,28-29H,2,4,7-9,11,14-16H2,1H3,(H,30,31)/t17-,18?,20+,22+,23+,24+,25-/m0/s1. The van der Waals surface area contributed by atoms with E-state index >= 15 is 0 Å². The molecule has 7 heteroatoms. The van der Waals surface area contributed by atoms with Crippen molar-refractivity contribution in [3.8, 4) is 5.75 Å². The predicted octanol–water partition coefficient (Wildman–Crippen LogP) is 4.71. The number of hydrogen-bond donors (Lipinski definition) is 3. The molecule has 0 amide bonds. The summed E-state index contributed by atoms with van der Waals surface area (Å²) >= 11 is 5.95. The summed E-state index contributed by atoms with van der Waals surface area (Å²) in [5.74, 6) is 0.117. The van der Waals surface area contributed by atoms with Crippen LogP contribution in [0.4, 0.5) is 0 Å². The third-order valence-corrected chi connectivity index (χ3v) is 7.26. The van der Waals surface area contributed by atoms with Gasteiger partial charge in [-0.2, -0.15) is 0 Å².